The summed E-state index contributed by atoms with van der Waals surface area (Å²) in [5.74, 6) is -0.577. The van der Waals surface area contributed by atoms with Crippen molar-refractivity contribution in [3.05, 3.63) is 58.6 Å². The predicted molar refractivity (Wildman–Crippen MR) is 112 cm³/mol. The lowest BCUT2D eigenvalue weighted by molar-refractivity contribution is -0.124. The van der Waals surface area contributed by atoms with Gasteiger partial charge in [0.25, 0.3) is 5.91 Å². The van der Waals surface area contributed by atoms with Crippen molar-refractivity contribution in [1.29, 1.82) is 0 Å². The molecule has 0 aliphatic rings. The number of anilines is 1. The second-order valence-electron chi connectivity index (χ2n) is 6.34. The van der Waals surface area contributed by atoms with Gasteiger partial charge in [-0.05, 0) is 55.3 Å². The first-order chi connectivity index (χ1) is 13.9. The molecule has 0 saturated heterocycles. The number of hydrazine groups is 1. The van der Waals surface area contributed by atoms with Crippen LogP contribution in [0, 0.1) is 6.92 Å². The summed E-state index contributed by atoms with van der Waals surface area (Å²) in [6, 6.07) is 11.8. The van der Waals surface area contributed by atoms with Crippen molar-refractivity contribution in [2.24, 2.45) is 0 Å². The first-order valence-electron chi connectivity index (χ1n) is 9.27. The van der Waals surface area contributed by atoms with Crippen LogP contribution in [-0.4, -0.2) is 24.3 Å². The molecule has 0 aliphatic heterocycles. The number of ether oxygens (including phenoxy) is 1. The molecule has 8 heteroatoms. The van der Waals surface area contributed by atoms with E-state index in [0.717, 1.165) is 12.0 Å². The molecule has 0 bridgehead atoms. The molecule has 0 aliphatic carbocycles. The van der Waals surface area contributed by atoms with Gasteiger partial charge in [-0.1, -0.05) is 24.6 Å². The number of amides is 3. The lowest BCUT2D eigenvalue weighted by atomic mass is 10.2. The van der Waals surface area contributed by atoms with Crippen molar-refractivity contribution < 1.29 is 19.1 Å². The fourth-order valence-corrected chi connectivity index (χ4v) is 2.54. The molecular weight excluding hydrogens is 394 g/mol. The zero-order valence-corrected chi connectivity index (χ0v) is 17.1. The van der Waals surface area contributed by atoms with E-state index in [-0.39, 0.29) is 18.7 Å². The Kier molecular flexibility index (Phi) is 8.48. The number of halogens is 1. The van der Waals surface area contributed by atoms with Crippen LogP contribution in [0.4, 0.5) is 5.69 Å². The smallest absolute Gasteiger partial charge is 0.269 e. The van der Waals surface area contributed by atoms with E-state index in [1.165, 1.54) is 0 Å². The fourth-order valence-electron chi connectivity index (χ4n) is 2.37. The molecule has 0 unspecified atom stereocenters. The van der Waals surface area contributed by atoms with Crippen molar-refractivity contribution in [2.45, 2.75) is 33.1 Å². The largest absolute Gasteiger partial charge is 0.494 e. The maximum atomic E-state index is 12.1. The van der Waals surface area contributed by atoms with Gasteiger partial charge in [-0.15, -0.1) is 0 Å². The lowest BCUT2D eigenvalue weighted by Crippen LogP contribution is -2.41. The topological polar surface area (TPSA) is 96.5 Å². The van der Waals surface area contributed by atoms with Crippen molar-refractivity contribution in [2.75, 3.05) is 11.9 Å². The number of benzene rings is 2. The summed E-state index contributed by atoms with van der Waals surface area (Å²) in [6.07, 6.45) is 0.789. The van der Waals surface area contributed by atoms with E-state index in [9.17, 15) is 14.4 Å². The van der Waals surface area contributed by atoms with E-state index >= 15 is 0 Å². The molecule has 0 saturated carbocycles. The summed E-state index contributed by atoms with van der Waals surface area (Å²) >= 11 is 6.01. The van der Waals surface area contributed by atoms with Crippen molar-refractivity contribution in [1.82, 2.24) is 10.9 Å². The van der Waals surface area contributed by atoms with Crippen LogP contribution in [0.1, 0.15) is 42.1 Å². The zero-order valence-electron chi connectivity index (χ0n) is 16.4. The molecule has 0 spiro atoms. The second kappa shape index (κ2) is 11.1. The van der Waals surface area contributed by atoms with Gasteiger partial charge in [0.15, 0.2) is 0 Å². The molecule has 7 nitrogen and oxygen atoms in total. The van der Waals surface area contributed by atoms with Crippen molar-refractivity contribution in [3.63, 3.8) is 0 Å². The third kappa shape index (κ3) is 7.12. The van der Waals surface area contributed by atoms with E-state index in [4.69, 9.17) is 16.3 Å². The molecule has 3 N–H and O–H groups in total. The Bertz CT molecular complexity index is 869. The molecule has 0 fully saturated rings. The predicted octanol–water partition coefficient (Wildman–Crippen LogP) is 3.62. The van der Waals surface area contributed by atoms with E-state index in [2.05, 4.69) is 16.2 Å². The Balaban J connectivity index is 1.74. The van der Waals surface area contributed by atoms with Gasteiger partial charge in [0.1, 0.15) is 5.75 Å². The van der Waals surface area contributed by atoms with Crippen LogP contribution in [0.3, 0.4) is 0 Å². The van der Waals surface area contributed by atoms with Gasteiger partial charge in [-0.3, -0.25) is 25.2 Å². The summed E-state index contributed by atoms with van der Waals surface area (Å²) in [7, 11) is 0. The minimum absolute atomic E-state index is 0.0306. The average molecular weight is 418 g/mol. The minimum Gasteiger partial charge on any atom is -0.494 e. The molecule has 0 heterocycles. The minimum atomic E-state index is -0.473. The first-order valence-corrected chi connectivity index (χ1v) is 9.65. The van der Waals surface area contributed by atoms with E-state index in [1.807, 2.05) is 6.92 Å². The Hall–Kier alpha value is -3.06. The molecular formula is C21H24ClN3O4. The van der Waals surface area contributed by atoms with Crippen LogP contribution >= 0.6 is 11.6 Å². The second-order valence-corrected chi connectivity index (χ2v) is 6.74. The maximum absolute atomic E-state index is 12.1. The highest BCUT2D eigenvalue weighted by Gasteiger charge is 2.11. The monoisotopic (exact) mass is 417 g/mol. The summed E-state index contributed by atoms with van der Waals surface area (Å²) in [5.41, 5.74) is 6.35. The van der Waals surface area contributed by atoms with Crippen LogP contribution in [0.2, 0.25) is 5.02 Å². The highest BCUT2D eigenvalue weighted by molar-refractivity contribution is 6.31. The van der Waals surface area contributed by atoms with Gasteiger partial charge < -0.3 is 10.1 Å². The molecule has 0 radical (unpaired) electrons. The van der Waals surface area contributed by atoms with Crippen LogP contribution < -0.4 is 20.9 Å². The zero-order chi connectivity index (χ0) is 21.2. The van der Waals surface area contributed by atoms with Gasteiger partial charge in [0.05, 0.1) is 6.61 Å². The summed E-state index contributed by atoms with van der Waals surface area (Å²) in [6.45, 7) is 4.40. The molecule has 2 aromatic carbocycles. The van der Waals surface area contributed by atoms with Gasteiger partial charge in [0, 0.05) is 29.1 Å². The lowest BCUT2D eigenvalue weighted by Gasteiger charge is -2.10. The summed E-state index contributed by atoms with van der Waals surface area (Å²) < 4.78 is 5.45. The molecule has 2 aromatic rings. The van der Waals surface area contributed by atoms with E-state index in [0.29, 0.717) is 28.6 Å². The number of hydrogen-bond donors (Lipinski definition) is 3. The molecule has 0 atom stereocenters. The normalized spacial score (nSPS) is 10.2. The van der Waals surface area contributed by atoms with Gasteiger partial charge >= 0.3 is 0 Å². The van der Waals surface area contributed by atoms with Crippen LogP contribution in [0.5, 0.6) is 5.75 Å². The number of nitrogens with one attached hydrogen (secondary N) is 3. The molecule has 0 aromatic heterocycles. The first kappa shape index (κ1) is 22.2. The highest BCUT2D eigenvalue weighted by atomic mass is 35.5. The average Bonchev–Trinajstić information content (AvgIpc) is 2.72. The standard InChI is InChI=1S/C21H24ClN3O4/c1-3-13-29-16-9-7-15(8-10-16)21(28)25-24-20(27)12-11-19(26)23-18-6-4-5-17(22)14(18)2/h4-10H,3,11-13H2,1-2H3,(H,23,26)(H,24,27)(H,25,28). The van der Waals surface area contributed by atoms with Crippen LogP contribution in [-0.2, 0) is 9.59 Å². The number of hydrogen-bond acceptors (Lipinski definition) is 4. The fraction of sp³-hybridized carbons (Fsp3) is 0.286. The number of carbonyl (C=O) groups is 3. The molecule has 29 heavy (non-hydrogen) atoms. The van der Waals surface area contributed by atoms with Gasteiger partial charge in [-0.25, -0.2) is 0 Å². The maximum Gasteiger partial charge on any atom is 0.269 e. The molecule has 3 amide bonds. The molecule has 154 valence electrons. The third-order valence-electron chi connectivity index (χ3n) is 4.03. The summed E-state index contributed by atoms with van der Waals surface area (Å²) in [5, 5.41) is 3.26. The summed E-state index contributed by atoms with van der Waals surface area (Å²) in [4.78, 5) is 36.0. The van der Waals surface area contributed by atoms with Crippen molar-refractivity contribution >= 4 is 35.0 Å². The van der Waals surface area contributed by atoms with Gasteiger partial charge in [0.2, 0.25) is 11.8 Å². The number of rotatable bonds is 8. The highest BCUT2D eigenvalue weighted by Crippen LogP contribution is 2.23. The Morgan fingerprint density at radius 3 is 2.34 bits per heavy atom. The van der Waals surface area contributed by atoms with E-state index < -0.39 is 11.8 Å². The Morgan fingerprint density at radius 1 is 0.966 bits per heavy atom. The van der Waals surface area contributed by atoms with Crippen molar-refractivity contribution in [3.8, 4) is 5.75 Å². The molecule has 2 rings (SSSR count). The Morgan fingerprint density at radius 2 is 1.66 bits per heavy atom. The van der Waals surface area contributed by atoms with Crippen LogP contribution in [0.25, 0.3) is 0 Å². The SMILES string of the molecule is CCCOc1ccc(C(=O)NNC(=O)CCC(=O)Nc2cccc(Cl)c2C)cc1. The quantitative estimate of drug-likeness (QED) is 0.571. The third-order valence-corrected chi connectivity index (χ3v) is 4.44. The Labute approximate surface area is 174 Å². The van der Waals surface area contributed by atoms with E-state index in [1.54, 1.807) is 49.4 Å². The van der Waals surface area contributed by atoms with Gasteiger partial charge in [-0.2, -0.15) is 0 Å². The number of carbonyl (C=O) groups excluding carboxylic acids is 3. The van der Waals surface area contributed by atoms with Crippen LogP contribution in [0.15, 0.2) is 42.5 Å².